The Morgan fingerprint density at radius 3 is 1.84 bits per heavy atom. The number of ether oxygens (including phenoxy) is 4. The molecule has 0 aliphatic rings. The lowest BCUT2D eigenvalue weighted by Crippen LogP contribution is -2.47. The van der Waals surface area contributed by atoms with Crippen molar-refractivity contribution in [1.29, 1.82) is 0 Å². The molecule has 1 aromatic carbocycles. The van der Waals surface area contributed by atoms with E-state index in [0.29, 0.717) is 25.0 Å². The van der Waals surface area contributed by atoms with Crippen molar-refractivity contribution < 1.29 is 37.7 Å². The van der Waals surface area contributed by atoms with Gasteiger partial charge in [0.15, 0.2) is 0 Å². The Kier molecular flexibility index (Phi) is 12.5. The minimum absolute atomic E-state index is 0.000915. The second-order valence-corrected chi connectivity index (χ2v) is 12.3. The van der Waals surface area contributed by atoms with Crippen molar-refractivity contribution in [2.45, 2.75) is 111 Å². The molecule has 0 fully saturated rings. The van der Waals surface area contributed by atoms with Crippen molar-refractivity contribution >= 4 is 18.0 Å². The smallest absolute Gasteiger partial charge is 0.408 e. The van der Waals surface area contributed by atoms with E-state index in [1.165, 1.54) is 0 Å². The standard InChI is InChI=1S/C29H46FNO7/c1-27(2,3)36-24(32)21(12-10-11-20-13-15-22(16-14-20)35-18-17-30)19-23(25(33)37-28(4,5)6)31-26(34)38-29(7,8)9/h13-16,21,23H,10-12,17-19H2,1-9H3,(H,31,34)/t21?,23-/m0/s1/i30-1. The van der Waals surface area contributed by atoms with Crippen LogP contribution in [0.25, 0.3) is 0 Å². The van der Waals surface area contributed by atoms with Gasteiger partial charge in [0, 0.05) is 0 Å². The number of esters is 2. The zero-order chi connectivity index (χ0) is 29.1. The zero-order valence-electron chi connectivity index (χ0n) is 24.4. The quantitative estimate of drug-likeness (QED) is 0.260. The van der Waals surface area contributed by atoms with Crippen LogP contribution >= 0.6 is 0 Å². The molecule has 38 heavy (non-hydrogen) atoms. The van der Waals surface area contributed by atoms with Gasteiger partial charge in [0.05, 0.1) is 5.92 Å². The van der Waals surface area contributed by atoms with Crippen molar-refractivity contribution in [2.75, 3.05) is 13.3 Å². The monoisotopic (exact) mass is 538 g/mol. The van der Waals surface area contributed by atoms with E-state index in [-0.39, 0.29) is 13.0 Å². The summed E-state index contributed by atoms with van der Waals surface area (Å²) < 4.78 is 34.1. The maximum atomic E-state index is 13.1. The van der Waals surface area contributed by atoms with Crippen LogP contribution in [0.5, 0.6) is 5.75 Å². The van der Waals surface area contributed by atoms with Crippen molar-refractivity contribution in [3.8, 4) is 5.75 Å². The molecule has 1 unspecified atom stereocenters. The van der Waals surface area contributed by atoms with Crippen LogP contribution in [-0.4, -0.2) is 54.2 Å². The number of alkyl halides is 1. The first kappa shape index (κ1) is 33.2. The molecule has 0 aromatic heterocycles. The summed E-state index contributed by atoms with van der Waals surface area (Å²) >= 11 is 0. The lowest BCUT2D eigenvalue weighted by atomic mass is 9.92. The molecule has 2 atom stereocenters. The number of carbonyl (C=O) groups excluding carboxylic acids is 3. The van der Waals surface area contributed by atoms with Gasteiger partial charge in [0.25, 0.3) is 0 Å². The summed E-state index contributed by atoms with van der Waals surface area (Å²) in [5.74, 6) is -1.19. The number of amides is 1. The molecule has 0 heterocycles. The number of aryl methyl sites for hydroxylation is 1. The second-order valence-electron chi connectivity index (χ2n) is 12.3. The second kappa shape index (κ2) is 14.4. The molecule has 0 bridgehead atoms. The first-order chi connectivity index (χ1) is 17.4. The van der Waals surface area contributed by atoms with Crippen LogP contribution in [0.4, 0.5) is 9.18 Å². The fourth-order valence-electron chi connectivity index (χ4n) is 3.50. The lowest BCUT2D eigenvalue weighted by molar-refractivity contribution is -0.163. The third-order valence-electron chi connectivity index (χ3n) is 4.93. The van der Waals surface area contributed by atoms with Crippen molar-refractivity contribution in [1.82, 2.24) is 5.32 Å². The van der Waals surface area contributed by atoms with Gasteiger partial charge >= 0.3 is 18.0 Å². The summed E-state index contributed by atoms with van der Waals surface area (Å²) in [5, 5.41) is 2.59. The number of rotatable bonds is 12. The number of hydrogen-bond acceptors (Lipinski definition) is 7. The Hall–Kier alpha value is -2.84. The van der Waals surface area contributed by atoms with Gasteiger partial charge in [-0.2, -0.15) is 0 Å². The molecule has 9 heteroatoms. The predicted molar refractivity (Wildman–Crippen MR) is 144 cm³/mol. The number of carbonyl (C=O) groups is 3. The number of hydrogen-bond donors (Lipinski definition) is 1. The fraction of sp³-hybridized carbons (Fsp3) is 0.690. The first-order valence-electron chi connectivity index (χ1n) is 13.1. The van der Waals surface area contributed by atoms with Crippen LogP contribution in [0.3, 0.4) is 0 Å². The number of nitrogens with one attached hydrogen (secondary N) is 1. The molecule has 216 valence electrons. The van der Waals surface area contributed by atoms with Crippen LogP contribution in [0.1, 0.15) is 87.1 Å². The van der Waals surface area contributed by atoms with E-state index in [4.69, 9.17) is 18.9 Å². The van der Waals surface area contributed by atoms with E-state index in [1.807, 2.05) is 12.1 Å². The molecule has 1 amide bonds. The Balaban J connectivity index is 3.04. The third kappa shape index (κ3) is 14.8. The van der Waals surface area contributed by atoms with Gasteiger partial charge in [0.2, 0.25) is 0 Å². The zero-order valence-corrected chi connectivity index (χ0v) is 24.4. The maximum absolute atomic E-state index is 13.1. The van der Waals surface area contributed by atoms with E-state index in [0.717, 1.165) is 5.56 Å². The normalized spacial score (nSPS) is 13.7. The molecular weight excluding hydrogens is 492 g/mol. The molecule has 8 nitrogen and oxygen atoms in total. The minimum atomic E-state index is -1.10. The highest BCUT2D eigenvalue weighted by molar-refractivity contribution is 5.83. The van der Waals surface area contributed by atoms with Crippen molar-refractivity contribution in [3.05, 3.63) is 29.8 Å². The summed E-state index contributed by atoms with van der Waals surface area (Å²) in [4.78, 5) is 38.7. The van der Waals surface area contributed by atoms with Crippen LogP contribution in [0, 0.1) is 5.92 Å². The topological polar surface area (TPSA) is 100 Å². The summed E-state index contributed by atoms with van der Waals surface area (Å²) in [6.45, 7) is 15.1. The predicted octanol–water partition coefficient (Wildman–Crippen LogP) is 5.94. The van der Waals surface area contributed by atoms with Crippen LogP contribution in [-0.2, 0) is 30.2 Å². The SMILES string of the molecule is CC(C)(C)OC(=O)N[C@@H](CC(CCCc1ccc(OCC[18F])cc1)C(=O)OC(C)(C)C)C(=O)OC(C)(C)C. The van der Waals surface area contributed by atoms with Crippen LogP contribution in [0.2, 0.25) is 0 Å². The number of alkyl carbamates (subject to hydrolysis) is 1. The van der Waals surface area contributed by atoms with E-state index in [2.05, 4.69) is 5.32 Å². The Bertz CT molecular complexity index is 895. The van der Waals surface area contributed by atoms with Gasteiger partial charge in [-0.1, -0.05) is 12.1 Å². The van der Waals surface area contributed by atoms with Crippen molar-refractivity contribution in [3.63, 3.8) is 0 Å². The van der Waals surface area contributed by atoms with E-state index < -0.39 is 53.5 Å². The summed E-state index contributed by atoms with van der Waals surface area (Å²) in [6.07, 6.45) is 0.941. The summed E-state index contributed by atoms with van der Waals surface area (Å²) in [6, 6.07) is 6.24. The molecule has 1 N–H and O–H groups in total. The van der Waals surface area contributed by atoms with Gasteiger partial charge in [-0.3, -0.25) is 4.79 Å². The molecular formula is C29H46FNO7. The molecule has 0 saturated carbocycles. The third-order valence-corrected chi connectivity index (χ3v) is 4.93. The molecule has 0 saturated heterocycles. The molecule has 0 radical (unpaired) electrons. The first-order valence-corrected chi connectivity index (χ1v) is 13.1. The van der Waals surface area contributed by atoms with Crippen LogP contribution < -0.4 is 10.1 Å². The highest BCUT2D eigenvalue weighted by Gasteiger charge is 2.34. The van der Waals surface area contributed by atoms with E-state index in [9.17, 15) is 18.8 Å². The average Bonchev–Trinajstić information content (AvgIpc) is 2.73. The molecule has 1 aromatic rings. The Labute approximate surface area is 226 Å². The van der Waals surface area contributed by atoms with Gasteiger partial charge in [-0.25, -0.2) is 14.0 Å². The summed E-state index contributed by atoms with van der Waals surface area (Å²) in [5.41, 5.74) is -1.24. The van der Waals surface area contributed by atoms with Crippen molar-refractivity contribution in [2.24, 2.45) is 5.92 Å². The number of halogens is 1. The Morgan fingerprint density at radius 2 is 1.34 bits per heavy atom. The largest absolute Gasteiger partial charge is 0.491 e. The van der Waals surface area contributed by atoms with E-state index >= 15 is 0 Å². The molecule has 1 rings (SSSR count). The van der Waals surface area contributed by atoms with E-state index in [1.54, 1.807) is 74.4 Å². The molecule has 0 spiro atoms. The Morgan fingerprint density at radius 1 is 0.816 bits per heavy atom. The average molecular weight is 539 g/mol. The molecule has 0 aliphatic carbocycles. The lowest BCUT2D eigenvalue weighted by Gasteiger charge is -2.29. The van der Waals surface area contributed by atoms with Gasteiger partial charge < -0.3 is 24.3 Å². The number of benzene rings is 1. The highest BCUT2D eigenvalue weighted by atomic mass is 18.2. The highest BCUT2D eigenvalue weighted by Crippen LogP contribution is 2.23. The van der Waals surface area contributed by atoms with Gasteiger partial charge in [-0.15, -0.1) is 0 Å². The van der Waals surface area contributed by atoms with Gasteiger partial charge in [0.1, 0.15) is 41.9 Å². The van der Waals surface area contributed by atoms with Gasteiger partial charge in [-0.05, 0) is 106 Å². The fourth-order valence-corrected chi connectivity index (χ4v) is 3.50. The van der Waals surface area contributed by atoms with Crippen LogP contribution in [0.15, 0.2) is 24.3 Å². The summed E-state index contributed by atoms with van der Waals surface area (Å²) in [7, 11) is 0. The maximum Gasteiger partial charge on any atom is 0.408 e. The minimum Gasteiger partial charge on any atom is -0.491 e. The molecule has 0 aliphatic heterocycles.